The first-order valence-corrected chi connectivity index (χ1v) is 29.2. The zero-order valence-corrected chi connectivity index (χ0v) is 34.5. The number of likely N-dealkylation sites (tertiary alicyclic amines) is 1. The van der Waals surface area contributed by atoms with E-state index < -0.39 is 25.0 Å². The molecule has 5 fully saturated rings. The van der Waals surface area contributed by atoms with Crippen LogP contribution < -0.4 is 0 Å². The molecule has 45 heavy (non-hydrogen) atoms. The molecule has 260 valence electrons. The van der Waals surface area contributed by atoms with Crippen LogP contribution in [0.4, 0.5) is 0 Å². The molecule has 5 aliphatic rings. The zero-order chi connectivity index (χ0) is 33.2. The maximum atomic E-state index is 13.1. The van der Waals surface area contributed by atoms with Crippen LogP contribution in [-0.4, -0.2) is 67.2 Å². The summed E-state index contributed by atoms with van der Waals surface area (Å²) >= 11 is 0. The monoisotopic (exact) mass is 677 g/mol. The van der Waals surface area contributed by atoms with E-state index in [0.29, 0.717) is 71.6 Å². The van der Waals surface area contributed by atoms with Crippen molar-refractivity contribution in [2.24, 2.45) is 46.3 Å². The van der Waals surface area contributed by atoms with Gasteiger partial charge in [0.1, 0.15) is 0 Å². The molecule has 5 rings (SSSR count). The van der Waals surface area contributed by atoms with Crippen molar-refractivity contribution in [2.75, 3.05) is 13.1 Å². The van der Waals surface area contributed by atoms with E-state index in [9.17, 15) is 4.79 Å². The fourth-order valence-electron chi connectivity index (χ4n) is 11.5. The zero-order valence-electron chi connectivity index (χ0n) is 31.5. The van der Waals surface area contributed by atoms with Gasteiger partial charge in [0, 0.05) is 31.7 Å². The van der Waals surface area contributed by atoms with Crippen molar-refractivity contribution in [1.82, 2.24) is 4.90 Å². The Morgan fingerprint density at radius 2 is 1.42 bits per heavy atom. The molecular weight excluding hydrogens is 607 g/mol. The summed E-state index contributed by atoms with van der Waals surface area (Å²) in [6.45, 7) is 31.2. The van der Waals surface area contributed by atoms with Gasteiger partial charge in [-0.2, -0.15) is 0 Å². The molecule has 0 radical (unpaired) electrons. The first-order chi connectivity index (χ1) is 20.7. The summed E-state index contributed by atoms with van der Waals surface area (Å²) in [5.41, 5.74) is 0.470. The Kier molecular flexibility index (Phi) is 10.5. The van der Waals surface area contributed by atoms with Crippen LogP contribution in [0.25, 0.3) is 0 Å². The average molecular weight is 678 g/mol. The minimum atomic E-state index is -1.79. The second kappa shape index (κ2) is 13.0. The number of hydrogen-bond donors (Lipinski definition) is 0. The summed E-state index contributed by atoms with van der Waals surface area (Å²) in [5, 5.41) is 0. The summed E-state index contributed by atoms with van der Waals surface area (Å²) in [6, 6.07) is 0. The van der Waals surface area contributed by atoms with Crippen molar-refractivity contribution in [3.8, 4) is 0 Å². The van der Waals surface area contributed by atoms with E-state index in [2.05, 4.69) is 84.6 Å². The highest BCUT2D eigenvalue weighted by atomic mass is 28.4. The van der Waals surface area contributed by atoms with E-state index in [4.69, 9.17) is 13.3 Å². The number of hydrogen-bond acceptors (Lipinski definition) is 4. The lowest BCUT2D eigenvalue weighted by Crippen LogP contribution is -2.64. The number of amides is 1. The van der Waals surface area contributed by atoms with Crippen LogP contribution in [-0.2, 0) is 18.1 Å². The Bertz CT molecular complexity index is 1050. The Morgan fingerprint density at radius 1 is 0.800 bits per heavy atom. The molecule has 1 heterocycles. The molecule has 1 saturated heterocycles. The molecule has 0 spiro atoms. The first kappa shape index (κ1) is 36.3. The number of carbonyl (C=O) groups excluding carboxylic acids is 1. The van der Waals surface area contributed by atoms with Gasteiger partial charge < -0.3 is 18.2 Å². The highest BCUT2D eigenvalue weighted by molar-refractivity contribution is 6.70. The third-order valence-corrected chi connectivity index (χ3v) is 16.3. The topological polar surface area (TPSA) is 48.0 Å². The van der Waals surface area contributed by atoms with Crippen LogP contribution in [0.15, 0.2) is 0 Å². The second-order valence-corrected chi connectivity index (χ2v) is 33.1. The smallest absolute Gasteiger partial charge is 0.222 e. The summed E-state index contributed by atoms with van der Waals surface area (Å²) in [7, 11) is -5.12. The minimum Gasteiger partial charge on any atom is -0.415 e. The standard InChI is InChI=1S/C37H71NO4Si3/c1-26(15-18-34(39)38-21-13-14-22-38)29-16-17-30-35-31(25-33(37(29,30)3)42-45(10,11)12)36(2)20-19-28(40-43(4,5)6)23-27(36)24-32(35)41-44(7,8)9/h26-33,35H,13-25H2,1-12H3/t26-,27?,28?,29-,30+,31+,32?,33?,35+,36+,37-/m1/s1. The molecular formula is C37H71NO4Si3. The van der Waals surface area contributed by atoms with Gasteiger partial charge in [0.05, 0.1) is 6.10 Å². The average Bonchev–Trinajstić information content (AvgIpc) is 3.55. The number of nitrogens with zero attached hydrogens (tertiary/aromatic N) is 1. The van der Waals surface area contributed by atoms with Gasteiger partial charge in [-0.05, 0) is 169 Å². The summed E-state index contributed by atoms with van der Waals surface area (Å²) in [6.07, 6.45) is 13.8. The first-order valence-electron chi connectivity index (χ1n) is 19.0. The van der Waals surface area contributed by atoms with E-state index in [-0.39, 0.29) is 5.41 Å². The number of rotatable bonds is 10. The summed E-state index contributed by atoms with van der Waals surface area (Å²) in [5.74, 6) is 4.09. The molecule has 11 atom stereocenters. The van der Waals surface area contributed by atoms with Crippen molar-refractivity contribution >= 4 is 30.9 Å². The fraction of sp³-hybridized carbons (Fsp3) is 0.973. The number of fused-ring (bicyclic) bond motifs is 5. The van der Waals surface area contributed by atoms with E-state index in [1.165, 1.54) is 57.8 Å². The molecule has 0 bridgehead atoms. The third-order valence-electron chi connectivity index (χ3n) is 13.2. The molecule has 1 aliphatic heterocycles. The molecule has 4 aliphatic carbocycles. The Balaban J connectivity index is 1.46. The van der Waals surface area contributed by atoms with Crippen LogP contribution in [0.2, 0.25) is 58.9 Å². The van der Waals surface area contributed by atoms with Crippen molar-refractivity contribution < 1.29 is 18.1 Å². The van der Waals surface area contributed by atoms with Gasteiger partial charge in [0.25, 0.3) is 0 Å². The van der Waals surface area contributed by atoms with Gasteiger partial charge in [-0.15, -0.1) is 0 Å². The highest BCUT2D eigenvalue weighted by Crippen LogP contribution is 2.69. The Hall–Kier alpha value is 0.000649. The maximum Gasteiger partial charge on any atom is 0.222 e. The van der Waals surface area contributed by atoms with Crippen molar-refractivity contribution in [3.63, 3.8) is 0 Å². The molecule has 8 heteroatoms. The summed E-state index contributed by atoms with van der Waals surface area (Å²) in [4.78, 5) is 15.2. The van der Waals surface area contributed by atoms with Crippen LogP contribution in [0.1, 0.15) is 91.4 Å². The highest BCUT2D eigenvalue weighted by Gasteiger charge is 2.67. The van der Waals surface area contributed by atoms with Crippen molar-refractivity contribution in [3.05, 3.63) is 0 Å². The SMILES string of the molecule is C[C@H](CCC(=O)N1CCCC1)[C@H]1CC[C@H]2[C@@H]3C(O[Si](C)(C)C)CC4CC(O[Si](C)(C)C)CC[C@]4(C)[C@H]3CC(O[Si](C)(C)C)[C@]12C. The lowest BCUT2D eigenvalue weighted by molar-refractivity contribution is -0.199. The predicted molar refractivity (Wildman–Crippen MR) is 195 cm³/mol. The van der Waals surface area contributed by atoms with Gasteiger partial charge in [-0.3, -0.25) is 4.79 Å². The van der Waals surface area contributed by atoms with E-state index >= 15 is 0 Å². The third kappa shape index (κ3) is 7.76. The van der Waals surface area contributed by atoms with Crippen LogP contribution in [0, 0.1) is 46.3 Å². The normalized spacial score (nSPS) is 41.4. The molecule has 0 aromatic carbocycles. The number of carbonyl (C=O) groups is 1. The molecule has 5 nitrogen and oxygen atoms in total. The lowest BCUT2D eigenvalue weighted by Gasteiger charge is -2.66. The van der Waals surface area contributed by atoms with Gasteiger partial charge >= 0.3 is 0 Å². The molecule has 0 aromatic rings. The quantitative estimate of drug-likeness (QED) is 0.216. The predicted octanol–water partition coefficient (Wildman–Crippen LogP) is 9.56. The van der Waals surface area contributed by atoms with Crippen LogP contribution >= 0.6 is 0 Å². The fourth-order valence-corrected chi connectivity index (χ4v) is 15.1. The lowest BCUT2D eigenvalue weighted by atomic mass is 9.43. The second-order valence-electron chi connectivity index (χ2n) is 19.7. The van der Waals surface area contributed by atoms with Crippen molar-refractivity contribution in [1.29, 1.82) is 0 Å². The summed E-state index contributed by atoms with van der Waals surface area (Å²) < 4.78 is 21.5. The van der Waals surface area contributed by atoms with Gasteiger partial charge in [-0.1, -0.05) is 20.8 Å². The molecule has 0 aromatic heterocycles. The van der Waals surface area contributed by atoms with E-state index in [1.54, 1.807) is 0 Å². The Morgan fingerprint density at radius 3 is 2.02 bits per heavy atom. The molecule has 0 N–H and O–H groups in total. The van der Waals surface area contributed by atoms with Gasteiger partial charge in [-0.25, -0.2) is 0 Å². The van der Waals surface area contributed by atoms with Crippen LogP contribution in [0.3, 0.4) is 0 Å². The van der Waals surface area contributed by atoms with Crippen molar-refractivity contribution in [2.45, 2.75) is 169 Å². The van der Waals surface area contributed by atoms with Crippen LogP contribution in [0.5, 0.6) is 0 Å². The van der Waals surface area contributed by atoms with Gasteiger partial charge in [0.2, 0.25) is 5.91 Å². The Labute approximate surface area is 281 Å². The van der Waals surface area contributed by atoms with E-state index in [0.717, 1.165) is 19.5 Å². The van der Waals surface area contributed by atoms with E-state index in [1.807, 2.05) is 0 Å². The molecule has 1 amide bonds. The molecule has 4 saturated carbocycles. The maximum absolute atomic E-state index is 13.1. The largest absolute Gasteiger partial charge is 0.415 e. The van der Waals surface area contributed by atoms with Gasteiger partial charge in [0.15, 0.2) is 25.0 Å². The minimum absolute atomic E-state index is 0.139. The molecule has 4 unspecified atom stereocenters.